The van der Waals surface area contributed by atoms with Crippen LogP contribution in [0.5, 0.6) is 0 Å². The molecule has 4 bridgehead atoms. The van der Waals surface area contributed by atoms with E-state index in [0.717, 1.165) is 24.3 Å². The van der Waals surface area contributed by atoms with Gasteiger partial charge < -0.3 is 4.55 Å². The van der Waals surface area contributed by atoms with Crippen LogP contribution >= 0.6 is 0 Å². The van der Waals surface area contributed by atoms with Crippen LogP contribution in [0.1, 0.15) is 76.0 Å². The van der Waals surface area contributed by atoms with Crippen molar-refractivity contribution in [2.45, 2.75) is 96.9 Å². The Bertz CT molecular complexity index is 1470. The number of alkyl halides is 3. The molecular weight excluding hydrogens is 672 g/mol. The fourth-order valence-corrected chi connectivity index (χ4v) is 10.7. The molecule has 0 spiro atoms. The van der Waals surface area contributed by atoms with Crippen molar-refractivity contribution >= 4 is 41.7 Å². The van der Waals surface area contributed by atoms with Crippen LogP contribution in [0.2, 0.25) is 5.76 Å². The summed E-state index contributed by atoms with van der Waals surface area (Å²) in [5, 5.41) is 0. The molecule has 1 heterocycles. The van der Waals surface area contributed by atoms with Crippen molar-refractivity contribution in [2.24, 2.45) is 28.2 Å². The second-order valence-corrected chi connectivity index (χ2v) is 17.9. The molecule has 0 aromatic heterocycles. The molecule has 0 amide bonds. The zero-order valence-electron chi connectivity index (χ0n) is 28.1. The van der Waals surface area contributed by atoms with Crippen molar-refractivity contribution in [3.8, 4) is 0 Å². The minimum atomic E-state index is -6.09. The maximum absolute atomic E-state index is 10.7. The van der Waals surface area contributed by atoms with E-state index in [-0.39, 0.29) is 20.8 Å². The summed E-state index contributed by atoms with van der Waals surface area (Å²) in [6, 6.07) is 16.6. The Morgan fingerprint density at radius 3 is 1.67 bits per heavy atom. The van der Waals surface area contributed by atoms with Crippen molar-refractivity contribution in [1.82, 2.24) is 4.90 Å². The van der Waals surface area contributed by atoms with Crippen LogP contribution in [0.25, 0.3) is 0 Å². The molecule has 7 rings (SSSR count). The number of aliphatic imine (C=N–C) groups is 1. The molecule has 1 aliphatic heterocycles. The van der Waals surface area contributed by atoms with Gasteiger partial charge in [0.05, 0.1) is 0 Å². The maximum atomic E-state index is 10.7. The van der Waals surface area contributed by atoms with Gasteiger partial charge in [-0.15, -0.1) is 0 Å². The Morgan fingerprint density at radius 2 is 1.33 bits per heavy atom. The average Bonchev–Trinajstić information content (AvgIpc) is 3.36. The zero-order chi connectivity index (χ0) is 34.1. The van der Waals surface area contributed by atoms with Gasteiger partial charge in [-0.1, -0.05) is 36.4 Å². The Morgan fingerprint density at radius 1 is 0.913 bits per heavy atom. The quantitative estimate of drug-likeness (QED) is 0.0810. The van der Waals surface area contributed by atoms with Gasteiger partial charge >= 0.3 is 208 Å². The number of rotatable bonds is 3. The molecule has 0 unspecified atom stereocenters. The van der Waals surface area contributed by atoms with E-state index in [1.54, 1.807) is 4.67 Å². The van der Waals surface area contributed by atoms with Crippen molar-refractivity contribution in [3.63, 3.8) is 0 Å². The summed E-state index contributed by atoms with van der Waals surface area (Å²) in [6.45, 7) is 16.0. The van der Waals surface area contributed by atoms with Gasteiger partial charge in [-0.05, 0) is 0 Å². The summed E-state index contributed by atoms with van der Waals surface area (Å²) in [7, 11) is -6.09. The topological polar surface area (TPSA) is 75.8 Å². The Labute approximate surface area is 279 Å². The minimum absolute atomic E-state index is 0.0217. The summed E-state index contributed by atoms with van der Waals surface area (Å²) in [5.41, 5.74) is -0.0363. The number of aryl methyl sites for hydroxylation is 3. The zero-order valence-corrected chi connectivity index (χ0v) is 31.0. The van der Waals surface area contributed by atoms with Crippen LogP contribution in [0, 0.1) is 43.9 Å². The third kappa shape index (κ3) is 8.45. The average molecular weight is 720 g/mol. The van der Waals surface area contributed by atoms with Gasteiger partial charge in [0, 0.05) is 0 Å². The van der Waals surface area contributed by atoms with Crippen molar-refractivity contribution < 1.29 is 30.7 Å². The van der Waals surface area contributed by atoms with E-state index in [0.29, 0.717) is 5.54 Å². The fourth-order valence-electron chi connectivity index (χ4n) is 8.36. The van der Waals surface area contributed by atoms with Crippen LogP contribution < -0.4 is 0 Å². The number of nitrogens with zero attached hydrogens (tertiary/aromatic N) is 3. The molecule has 252 valence electrons. The molecule has 11 heteroatoms. The summed E-state index contributed by atoms with van der Waals surface area (Å²) in [4.78, 5) is 8.12. The molecule has 46 heavy (non-hydrogen) atoms. The van der Waals surface area contributed by atoms with Gasteiger partial charge in [0.2, 0.25) is 0 Å². The van der Waals surface area contributed by atoms with Crippen LogP contribution in [0.4, 0.5) is 18.9 Å². The Hall–Kier alpha value is -2.18. The molecular formula is C35H48F3GeN3O3S. The van der Waals surface area contributed by atoms with E-state index in [1.807, 2.05) is 36.4 Å². The first-order valence-electron chi connectivity index (χ1n) is 16.1. The molecule has 5 aliphatic rings. The number of hydrogen-bond donors (Lipinski definition) is 0. The molecule has 2 aromatic rings. The molecule has 2 aromatic carbocycles. The van der Waals surface area contributed by atoms with Crippen molar-refractivity contribution in [1.29, 1.82) is 0 Å². The third-order valence-electron chi connectivity index (χ3n) is 9.59. The second kappa shape index (κ2) is 14.1. The van der Waals surface area contributed by atoms with Crippen LogP contribution in [0.3, 0.4) is 0 Å². The van der Waals surface area contributed by atoms with Gasteiger partial charge in [-0.3, -0.25) is 0 Å². The van der Waals surface area contributed by atoms with Gasteiger partial charge in [0.1, 0.15) is 0 Å². The summed E-state index contributed by atoms with van der Waals surface area (Å²) in [5.74, 6) is 6.77. The SMILES string of the molecule is O=S(=O)([O-])C(F)(F)F.[CH3][Ge][C]1=[N+](C23CC4CC(CC(C4)C2)C3)CCN1C(=Nc1c(C)cc(C)cc1C)C(C)(C)C.c1ccccc1. The predicted molar refractivity (Wildman–Crippen MR) is 179 cm³/mol. The molecule has 0 atom stereocenters. The van der Waals surface area contributed by atoms with Gasteiger partial charge in [-0.2, -0.15) is 13.2 Å². The maximum Gasteiger partial charge on any atom is -0.0623 e. The number of amidine groups is 2. The molecule has 4 saturated carbocycles. The van der Waals surface area contributed by atoms with E-state index in [1.165, 1.54) is 73.3 Å². The van der Waals surface area contributed by atoms with Gasteiger partial charge in [0.15, 0.2) is 10.1 Å². The van der Waals surface area contributed by atoms with Crippen molar-refractivity contribution in [3.05, 3.63) is 65.2 Å². The van der Waals surface area contributed by atoms with E-state index in [4.69, 9.17) is 18.0 Å². The third-order valence-corrected chi connectivity index (χ3v) is 12.2. The Kier molecular flexibility index (Phi) is 11.3. The Balaban J connectivity index is 0.000000285. The normalized spacial score (nSPS) is 26.0. The number of hydrogen-bond acceptors (Lipinski definition) is 4. The van der Waals surface area contributed by atoms with E-state index in [9.17, 15) is 13.2 Å². The molecule has 0 saturated heterocycles. The summed E-state index contributed by atoms with van der Waals surface area (Å²) >= 11 is -0.177. The first-order valence-corrected chi connectivity index (χ1v) is 20.7. The van der Waals surface area contributed by atoms with Crippen LogP contribution in [-0.4, -0.2) is 72.5 Å². The van der Waals surface area contributed by atoms with E-state index < -0.39 is 15.6 Å². The molecule has 4 fully saturated rings. The minimum Gasteiger partial charge on any atom is -0.0623 e. The second-order valence-electron chi connectivity index (χ2n) is 14.5. The molecule has 6 nitrogen and oxygen atoms in total. The standard InChI is InChI=1S/C28H42GeN3.C6H6.CHF3O3S/c1-18-10-19(2)24(20(3)11-18)30-25(27(4,5)6)31-8-9-32(26(31)29-7)28-15-21-12-22(16-28)14-23(13-21)17-28;1-2-4-6-5-3-1;2-1(3,4)8(5,6)7/h10-11,21-23H,8-9,12-17H2,1-7H3;1-6H;(H,5,6,7)/q+1;;/p-1. The summed E-state index contributed by atoms with van der Waals surface area (Å²) in [6.07, 6.45) is 8.95. The van der Waals surface area contributed by atoms with Crippen LogP contribution in [-0.2, 0) is 10.1 Å². The first kappa shape index (κ1) is 36.7. The first-order chi connectivity index (χ1) is 21.3. The summed E-state index contributed by atoms with van der Waals surface area (Å²) < 4.78 is 63.5. The monoisotopic (exact) mass is 721 g/mol. The molecule has 0 N–H and O–H groups in total. The van der Waals surface area contributed by atoms with E-state index >= 15 is 0 Å². The van der Waals surface area contributed by atoms with Gasteiger partial charge in [0.25, 0.3) is 0 Å². The number of benzene rings is 2. The largest absolute Gasteiger partial charge is 0.0623 e. The predicted octanol–water partition coefficient (Wildman–Crippen LogP) is 7.83. The number of halogens is 3. The molecule has 4 aliphatic carbocycles. The van der Waals surface area contributed by atoms with E-state index in [2.05, 4.69) is 68.9 Å². The van der Waals surface area contributed by atoms with Crippen LogP contribution in [0.15, 0.2) is 53.5 Å². The smallest absolute Gasteiger partial charge is 0.0623 e. The molecule has 2 radical (unpaired) electrons. The van der Waals surface area contributed by atoms with Gasteiger partial charge in [-0.25, -0.2) is 8.42 Å². The van der Waals surface area contributed by atoms with Crippen molar-refractivity contribution in [2.75, 3.05) is 13.1 Å². The fraction of sp³-hybridized carbons (Fsp3) is 0.600.